The summed E-state index contributed by atoms with van der Waals surface area (Å²) in [5.74, 6) is -1.82. The molecule has 0 fully saturated rings. The van der Waals surface area contributed by atoms with E-state index in [4.69, 9.17) is 9.47 Å². The number of rotatable bonds is 1. The number of nitrogens with one attached hydrogen (secondary N) is 1. The van der Waals surface area contributed by atoms with Crippen molar-refractivity contribution < 1.29 is 19.4 Å². The summed E-state index contributed by atoms with van der Waals surface area (Å²) < 4.78 is 10.6. The number of phenolic OH excluding ortho intramolecular Hbond substituents is 1. The van der Waals surface area contributed by atoms with E-state index in [1.807, 2.05) is 0 Å². The standard InChI is InChI=1S/C14H12N2O5/c1-14(2)20-11-9(12(18)21-14)10(15-13(19)16-11)7-4-3-5-8(17)6-7/h3-6,17H,1-2H3,(H,15,16,19). The van der Waals surface area contributed by atoms with Crippen molar-refractivity contribution in [1.82, 2.24) is 9.97 Å². The fourth-order valence-corrected chi connectivity index (χ4v) is 2.12. The van der Waals surface area contributed by atoms with Crippen LogP contribution in [0.1, 0.15) is 24.2 Å². The molecule has 0 unspecified atom stereocenters. The molecule has 1 aromatic heterocycles. The van der Waals surface area contributed by atoms with Crippen LogP contribution in [0.15, 0.2) is 29.1 Å². The molecule has 2 N–H and O–H groups in total. The van der Waals surface area contributed by atoms with Crippen molar-refractivity contribution in [2.75, 3.05) is 0 Å². The van der Waals surface area contributed by atoms with Crippen molar-refractivity contribution in [1.29, 1.82) is 0 Å². The molecule has 0 aliphatic carbocycles. The first-order valence-corrected chi connectivity index (χ1v) is 6.22. The number of phenols is 1. The number of hydrogen-bond acceptors (Lipinski definition) is 6. The quantitative estimate of drug-likeness (QED) is 0.770. The number of esters is 1. The summed E-state index contributed by atoms with van der Waals surface area (Å²) in [5, 5.41) is 9.54. The van der Waals surface area contributed by atoms with Crippen LogP contribution in [-0.2, 0) is 4.74 Å². The van der Waals surface area contributed by atoms with Gasteiger partial charge in [-0.3, -0.25) is 4.98 Å². The van der Waals surface area contributed by atoms with E-state index in [0.29, 0.717) is 5.56 Å². The summed E-state index contributed by atoms with van der Waals surface area (Å²) in [7, 11) is 0. The molecule has 0 saturated heterocycles. The van der Waals surface area contributed by atoms with Gasteiger partial charge in [0.1, 0.15) is 11.3 Å². The molecule has 2 heterocycles. The Morgan fingerprint density at radius 3 is 2.71 bits per heavy atom. The zero-order chi connectivity index (χ0) is 15.2. The third-order valence-electron chi connectivity index (χ3n) is 2.91. The number of benzene rings is 1. The van der Waals surface area contributed by atoms with Gasteiger partial charge in [0, 0.05) is 19.4 Å². The van der Waals surface area contributed by atoms with Gasteiger partial charge in [-0.15, -0.1) is 0 Å². The summed E-state index contributed by atoms with van der Waals surface area (Å²) >= 11 is 0. The van der Waals surface area contributed by atoms with E-state index in [1.165, 1.54) is 12.1 Å². The number of hydrogen-bond donors (Lipinski definition) is 2. The van der Waals surface area contributed by atoms with Gasteiger partial charge in [0.05, 0.1) is 5.69 Å². The SMILES string of the molecule is CC1(C)OC(=O)c2c(-c3cccc(O)c3)nc(=O)[nH]c2O1. The lowest BCUT2D eigenvalue weighted by molar-refractivity contribution is -0.129. The molecule has 21 heavy (non-hydrogen) atoms. The lowest BCUT2D eigenvalue weighted by Crippen LogP contribution is -2.40. The average molecular weight is 288 g/mol. The van der Waals surface area contributed by atoms with Crippen LogP contribution >= 0.6 is 0 Å². The van der Waals surface area contributed by atoms with Crippen LogP contribution in [0.5, 0.6) is 11.6 Å². The highest BCUT2D eigenvalue weighted by molar-refractivity contribution is 5.99. The number of H-pyrrole nitrogens is 1. The van der Waals surface area contributed by atoms with Gasteiger partial charge in [-0.1, -0.05) is 12.1 Å². The Kier molecular flexibility index (Phi) is 2.72. The van der Waals surface area contributed by atoms with Crippen LogP contribution < -0.4 is 10.4 Å². The van der Waals surface area contributed by atoms with Gasteiger partial charge in [-0.2, -0.15) is 4.98 Å². The summed E-state index contributed by atoms with van der Waals surface area (Å²) in [6.45, 7) is 3.11. The van der Waals surface area contributed by atoms with Crippen LogP contribution in [0.25, 0.3) is 11.3 Å². The average Bonchev–Trinajstić information content (AvgIpc) is 2.35. The molecule has 1 aliphatic rings. The Bertz CT molecular complexity index is 794. The van der Waals surface area contributed by atoms with Crippen molar-refractivity contribution in [3.8, 4) is 22.9 Å². The number of carbonyl (C=O) groups excluding carboxylic acids is 1. The predicted octanol–water partition coefficient (Wildman–Crippen LogP) is 1.43. The normalized spacial score (nSPS) is 15.8. The predicted molar refractivity (Wildman–Crippen MR) is 72.1 cm³/mol. The highest BCUT2D eigenvalue weighted by atomic mass is 16.7. The first kappa shape index (κ1) is 13.2. The highest BCUT2D eigenvalue weighted by Crippen LogP contribution is 2.34. The molecule has 0 atom stereocenters. The van der Waals surface area contributed by atoms with E-state index >= 15 is 0 Å². The smallest absolute Gasteiger partial charge is 0.349 e. The lowest BCUT2D eigenvalue weighted by atomic mass is 10.1. The van der Waals surface area contributed by atoms with E-state index in [-0.39, 0.29) is 22.9 Å². The number of aromatic amines is 1. The summed E-state index contributed by atoms with van der Waals surface area (Å²) in [5.41, 5.74) is -0.111. The second-order valence-corrected chi connectivity index (χ2v) is 5.04. The zero-order valence-corrected chi connectivity index (χ0v) is 11.3. The molecule has 0 spiro atoms. The molecule has 7 heteroatoms. The fourth-order valence-electron chi connectivity index (χ4n) is 2.12. The molecule has 2 aromatic rings. The number of nitrogens with zero attached hydrogens (tertiary/aromatic N) is 1. The third kappa shape index (κ3) is 2.33. The van der Waals surface area contributed by atoms with Crippen molar-refractivity contribution in [3.05, 3.63) is 40.3 Å². The van der Waals surface area contributed by atoms with E-state index in [1.54, 1.807) is 26.0 Å². The number of fused-ring (bicyclic) bond motifs is 1. The van der Waals surface area contributed by atoms with Gasteiger partial charge < -0.3 is 14.6 Å². The Morgan fingerprint density at radius 2 is 2.00 bits per heavy atom. The first-order valence-electron chi connectivity index (χ1n) is 6.22. The van der Waals surface area contributed by atoms with Crippen LogP contribution in [-0.4, -0.2) is 26.8 Å². The zero-order valence-electron chi connectivity index (χ0n) is 11.3. The summed E-state index contributed by atoms with van der Waals surface area (Å²) in [4.78, 5) is 30.0. The van der Waals surface area contributed by atoms with Crippen molar-refractivity contribution in [2.45, 2.75) is 19.6 Å². The number of ether oxygens (including phenoxy) is 2. The van der Waals surface area contributed by atoms with Gasteiger partial charge in [-0.25, -0.2) is 9.59 Å². The Labute approximate surface area is 119 Å². The molecule has 0 saturated carbocycles. The number of aromatic nitrogens is 2. The lowest BCUT2D eigenvalue weighted by Gasteiger charge is -2.31. The molecular formula is C14H12N2O5. The van der Waals surface area contributed by atoms with Crippen LogP contribution in [0.4, 0.5) is 0 Å². The molecule has 0 bridgehead atoms. The number of cyclic esters (lactones) is 1. The minimum Gasteiger partial charge on any atom is -0.508 e. The van der Waals surface area contributed by atoms with E-state index in [2.05, 4.69) is 9.97 Å². The van der Waals surface area contributed by atoms with Crippen LogP contribution in [0.3, 0.4) is 0 Å². The van der Waals surface area contributed by atoms with Gasteiger partial charge in [0.15, 0.2) is 0 Å². The molecule has 0 radical (unpaired) electrons. The van der Waals surface area contributed by atoms with Crippen LogP contribution in [0.2, 0.25) is 0 Å². The van der Waals surface area contributed by atoms with Gasteiger partial charge in [-0.05, 0) is 12.1 Å². The summed E-state index contributed by atoms with van der Waals surface area (Å²) in [6, 6.07) is 6.07. The third-order valence-corrected chi connectivity index (χ3v) is 2.91. The Hall–Kier alpha value is -2.83. The highest BCUT2D eigenvalue weighted by Gasteiger charge is 2.37. The summed E-state index contributed by atoms with van der Waals surface area (Å²) in [6.07, 6.45) is 0. The second-order valence-electron chi connectivity index (χ2n) is 5.04. The molecule has 1 aliphatic heterocycles. The van der Waals surface area contributed by atoms with Crippen molar-refractivity contribution >= 4 is 5.97 Å². The van der Waals surface area contributed by atoms with E-state index in [0.717, 1.165) is 0 Å². The minimum absolute atomic E-state index is 0.00578. The molecule has 1 aromatic carbocycles. The van der Waals surface area contributed by atoms with Gasteiger partial charge in [0.2, 0.25) is 5.88 Å². The topological polar surface area (TPSA) is 102 Å². The number of carbonyl (C=O) groups is 1. The first-order chi connectivity index (χ1) is 9.85. The molecule has 7 nitrogen and oxygen atoms in total. The molecule has 0 amide bonds. The van der Waals surface area contributed by atoms with Gasteiger partial charge in [0.25, 0.3) is 5.79 Å². The Morgan fingerprint density at radius 1 is 1.24 bits per heavy atom. The van der Waals surface area contributed by atoms with E-state index < -0.39 is 17.4 Å². The maximum atomic E-state index is 12.2. The molecule has 3 rings (SSSR count). The van der Waals surface area contributed by atoms with Crippen LogP contribution in [0, 0.1) is 0 Å². The fraction of sp³-hybridized carbons (Fsp3) is 0.214. The molecule has 108 valence electrons. The number of aromatic hydroxyl groups is 1. The monoisotopic (exact) mass is 288 g/mol. The second kappa shape index (κ2) is 4.34. The van der Waals surface area contributed by atoms with Crippen molar-refractivity contribution in [3.63, 3.8) is 0 Å². The Balaban J connectivity index is 2.26. The van der Waals surface area contributed by atoms with E-state index in [9.17, 15) is 14.7 Å². The minimum atomic E-state index is -1.18. The maximum Gasteiger partial charge on any atom is 0.349 e. The maximum absolute atomic E-state index is 12.2. The largest absolute Gasteiger partial charge is 0.508 e. The molecular weight excluding hydrogens is 276 g/mol. The van der Waals surface area contributed by atoms with Gasteiger partial charge >= 0.3 is 11.7 Å². The van der Waals surface area contributed by atoms with Crippen molar-refractivity contribution in [2.24, 2.45) is 0 Å².